The number of unbranched alkanes of at least 4 members (excludes halogenated alkanes) is 6. The Morgan fingerprint density at radius 3 is 1.14 bits per heavy atom. The molecule has 50 heavy (non-hydrogen) atoms. The van der Waals surface area contributed by atoms with Crippen molar-refractivity contribution in [2.24, 2.45) is 0 Å². The molecule has 0 fully saturated rings. The summed E-state index contributed by atoms with van der Waals surface area (Å²) in [5, 5.41) is 22.2. The van der Waals surface area contributed by atoms with E-state index in [0.29, 0.717) is 30.8 Å². The highest BCUT2D eigenvalue weighted by atomic mass is 16.7. The largest absolute Gasteiger partial charge is 0.507 e. The highest BCUT2D eigenvalue weighted by molar-refractivity contribution is 5.72. The third-order valence-corrected chi connectivity index (χ3v) is 9.38. The van der Waals surface area contributed by atoms with Gasteiger partial charge in [-0.3, -0.25) is 9.59 Å². The third kappa shape index (κ3) is 13.6. The quantitative estimate of drug-likeness (QED) is 0.103. The molecule has 2 N–H and O–H groups in total. The Kier molecular flexibility index (Phi) is 15.5. The lowest BCUT2D eigenvalue weighted by Crippen LogP contribution is -2.25. The Morgan fingerprint density at radius 1 is 0.540 bits per heavy atom. The maximum absolute atomic E-state index is 13.2. The molecule has 0 saturated carbocycles. The first kappa shape index (κ1) is 43.1. The molecular weight excluding hydrogens is 624 g/mol. The van der Waals surface area contributed by atoms with Gasteiger partial charge in [0.1, 0.15) is 11.5 Å². The molecule has 282 valence electrons. The first-order valence-corrected chi connectivity index (χ1v) is 19.1. The highest BCUT2D eigenvalue weighted by Crippen LogP contribution is 2.41. The van der Waals surface area contributed by atoms with E-state index in [4.69, 9.17) is 9.47 Å². The van der Waals surface area contributed by atoms with E-state index >= 15 is 0 Å². The fourth-order valence-electron chi connectivity index (χ4n) is 6.28. The van der Waals surface area contributed by atoms with Gasteiger partial charge in [-0.05, 0) is 74.3 Å². The Balaban J connectivity index is 2.18. The molecular formula is C44H70O6. The second-order valence-electron chi connectivity index (χ2n) is 18.4. The normalized spacial score (nSPS) is 12.8. The molecule has 0 aliphatic heterocycles. The summed E-state index contributed by atoms with van der Waals surface area (Å²) in [5.41, 5.74) is 4.31. The zero-order chi connectivity index (χ0) is 38.1. The van der Waals surface area contributed by atoms with Crippen LogP contribution in [0.3, 0.4) is 0 Å². The molecule has 6 heteroatoms. The van der Waals surface area contributed by atoms with Gasteiger partial charge in [0.2, 0.25) is 6.29 Å². The van der Waals surface area contributed by atoms with Gasteiger partial charge in [0, 0.05) is 19.3 Å². The van der Waals surface area contributed by atoms with Gasteiger partial charge in [-0.1, -0.05) is 153 Å². The number of carbonyl (C=O) groups is 2. The number of hydrogen-bond donors (Lipinski definition) is 2. The smallest absolute Gasteiger partial charge is 0.309 e. The Bertz CT molecular complexity index is 1240. The molecule has 2 aromatic rings. The lowest BCUT2D eigenvalue weighted by atomic mass is 9.78. The van der Waals surface area contributed by atoms with Crippen LogP contribution in [0.5, 0.6) is 11.5 Å². The van der Waals surface area contributed by atoms with Crippen LogP contribution in [0.25, 0.3) is 0 Å². The summed E-state index contributed by atoms with van der Waals surface area (Å²) in [6, 6.07) is 7.97. The van der Waals surface area contributed by atoms with Crippen LogP contribution in [-0.2, 0) is 53.6 Å². The third-order valence-electron chi connectivity index (χ3n) is 9.38. The number of phenols is 2. The summed E-state index contributed by atoms with van der Waals surface area (Å²) in [7, 11) is 0. The number of rotatable bonds is 16. The molecule has 0 atom stereocenters. The van der Waals surface area contributed by atoms with E-state index in [1.165, 1.54) is 25.7 Å². The van der Waals surface area contributed by atoms with Crippen LogP contribution in [0.4, 0.5) is 0 Å². The minimum Gasteiger partial charge on any atom is -0.507 e. The van der Waals surface area contributed by atoms with E-state index in [1.54, 1.807) is 0 Å². The first-order valence-electron chi connectivity index (χ1n) is 19.1. The van der Waals surface area contributed by atoms with Crippen molar-refractivity contribution in [3.8, 4) is 11.5 Å². The summed E-state index contributed by atoms with van der Waals surface area (Å²) in [6.07, 6.45) is 8.47. The lowest BCUT2D eigenvalue weighted by molar-refractivity contribution is -0.189. The fraction of sp³-hybridized carbons (Fsp3) is 0.682. The lowest BCUT2D eigenvalue weighted by Gasteiger charge is -2.28. The van der Waals surface area contributed by atoms with Crippen molar-refractivity contribution in [1.82, 2.24) is 0 Å². The van der Waals surface area contributed by atoms with Crippen LogP contribution in [0.15, 0.2) is 24.3 Å². The molecule has 2 aromatic carbocycles. The molecule has 0 spiro atoms. The minimum absolute atomic E-state index is 0.141. The van der Waals surface area contributed by atoms with Crippen molar-refractivity contribution in [1.29, 1.82) is 0 Å². The van der Waals surface area contributed by atoms with Crippen LogP contribution in [0, 0.1) is 0 Å². The van der Waals surface area contributed by atoms with Gasteiger partial charge in [0.25, 0.3) is 0 Å². The summed E-state index contributed by atoms with van der Waals surface area (Å²) in [5.74, 6) is -0.183. The summed E-state index contributed by atoms with van der Waals surface area (Å²) >= 11 is 0. The molecule has 2 rings (SSSR count). The number of benzene rings is 2. The summed E-state index contributed by atoms with van der Waals surface area (Å²) < 4.78 is 11.7. The van der Waals surface area contributed by atoms with Crippen molar-refractivity contribution in [3.05, 3.63) is 57.6 Å². The molecule has 6 nitrogen and oxygen atoms in total. The van der Waals surface area contributed by atoms with Gasteiger partial charge in [-0.15, -0.1) is 0 Å². The topological polar surface area (TPSA) is 93.1 Å². The Labute approximate surface area is 304 Å². The van der Waals surface area contributed by atoms with E-state index in [-0.39, 0.29) is 34.5 Å². The number of phenolic OH excluding ortho intramolecular Hbond substituents is 2. The van der Waals surface area contributed by atoms with Crippen LogP contribution in [0.2, 0.25) is 0 Å². The first-order chi connectivity index (χ1) is 22.9. The van der Waals surface area contributed by atoms with Crippen molar-refractivity contribution >= 4 is 11.9 Å². The minimum atomic E-state index is -0.934. The van der Waals surface area contributed by atoms with E-state index in [2.05, 4.69) is 90.0 Å². The van der Waals surface area contributed by atoms with Crippen LogP contribution < -0.4 is 0 Å². The number of esters is 2. The van der Waals surface area contributed by atoms with Gasteiger partial charge in [0.15, 0.2) is 0 Å². The predicted molar refractivity (Wildman–Crippen MR) is 206 cm³/mol. The zero-order valence-electron chi connectivity index (χ0n) is 33.9. The molecule has 0 unspecified atom stereocenters. The molecule has 0 aliphatic rings. The SMILES string of the molecule is CCCCCCCCCC(OC(=O)CCc1cc(C(C)(C)C)c(O)c(C(C)(C)C)c1)OC(=O)CCc1cc(C(C)(C)C)c(O)c(C(C)(C)C)c1. The average molecular weight is 695 g/mol. The maximum atomic E-state index is 13.2. The van der Waals surface area contributed by atoms with Gasteiger partial charge in [-0.2, -0.15) is 0 Å². The second-order valence-corrected chi connectivity index (χ2v) is 18.4. The molecule has 0 heterocycles. The van der Waals surface area contributed by atoms with Crippen LogP contribution in [0.1, 0.15) is 188 Å². The van der Waals surface area contributed by atoms with Gasteiger partial charge >= 0.3 is 11.9 Å². The molecule has 0 aliphatic carbocycles. The maximum Gasteiger partial charge on any atom is 0.309 e. The zero-order valence-corrected chi connectivity index (χ0v) is 33.9. The summed E-state index contributed by atoms with van der Waals surface area (Å²) in [4.78, 5) is 26.5. The number of carbonyl (C=O) groups excluding carboxylic acids is 2. The average Bonchev–Trinajstić information content (AvgIpc) is 2.97. The van der Waals surface area contributed by atoms with Gasteiger partial charge in [0.05, 0.1) is 0 Å². The number of aryl methyl sites for hydroxylation is 2. The van der Waals surface area contributed by atoms with Crippen molar-refractivity contribution < 1.29 is 29.3 Å². The van der Waals surface area contributed by atoms with Crippen LogP contribution >= 0.6 is 0 Å². The molecule has 0 bridgehead atoms. The number of aromatic hydroxyl groups is 2. The van der Waals surface area contributed by atoms with Gasteiger partial charge < -0.3 is 19.7 Å². The van der Waals surface area contributed by atoms with Crippen molar-refractivity contribution in [2.75, 3.05) is 0 Å². The summed E-state index contributed by atoms with van der Waals surface area (Å²) in [6.45, 7) is 27.1. The van der Waals surface area contributed by atoms with Crippen LogP contribution in [-0.4, -0.2) is 28.4 Å². The van der Waals surface area contributed by atoms with E-state index < -0.39 is 18.2 Å². The molecule has 0 radical (unpaired) electrons. The van der Waals surface area contributed by atoms with E-state index in [9.17, 15) is 19.8 Å². The second kappa shape index (κ2) is 18.0. The fourth-order valence-corrected chi connectivity index (χ4v) is 6.28. The van der Waals surface area contributed by atoms with Crippen molar-refractivity contribution in [3.63, 3.8) is 0 Å². The molecule has 0 aromatic heterocycles. The Morgan fingerprint density at radius 2 is 0.840 bits per heavy atom. The standard InChI is InChI=1S/C44H70O6/c1-14-15-16-17-18-19-20-21-38(49-36(45)24-22-30-26-32(41(2,3)4)39(47)33(27-30)42(5,6)7)50-37(46)25-23-31-28-34(43(8,9)10)40(48)35(29-31)44(11,12)13/h26-29,38,47-48H,14-25H2,1-13H3. The highest BCUT2D eigenvalue weighted by Gasteiger charge is 2.29. The van der Waals surface area contributed by atoms with Gasteiger partial charge in [-0.25, -0.2) is 0 Å². The van der Waals surface area contributed by atoms with E-state index in [0.717, 1.165) is 52.6 Å². The Hall–Kier alpha value is -3.02. The van der Waals surface area contributed by atoms with Crippen molar-refractivity contribution in [2.45, 2.75) is 195 Å². The monoisotopic (exact) mass is 695 g/mol. The predicted octanol–water partition coefficient (Wildman–Crippen LogP) is 11.4. The number of ether oxygens (including phenoxy) is 2. The number of hydrogen-bond acceptors (Lipinski definition) is 6. The van der Waals surface area contributed by atoms with E-state index in [1.807, 2.05) is 24.3 Å². The molecule has 0 amide bonds. The molecule has 0 saturated heterocycles.